The van der Waals surface area contributed by atoms with Crippen LogP contribution in [0.2, 0.25) is 0 Å². The van der Waals surface area contributed by atoms with Gasteiger partial charge in [0.15, 0.2) is 0 Å². The molecule has 0 atom stereocenters. The van der Waals surface area contributed by atoms with Gasteiger partial charge in [-0.05, 0) is 78.9 Å². The van der Waals surface area contributed by atoms with Gasteiger partial charge in [-0.1, -0.05) is 18.2 Å². The van der Waals surface area contributed by atoms with Crippen LogP contribution in [0.4, 0.5) is 0 Å². The Balaban J connectivity index is 1.33. The van der Waals surface area contributed by atoms with Gasteiger partial charge in [0.25, 0.3) is 0 Å². The Kier molecular flexibility index (Phi) is 7.41. The van der Waals surface area contributed by atoms with Crippen molar-refractivity contribution in [1.82, 2.24) is 9.97 Å². The van der Waals surface area contributed by atoms with Crippen molar-refractivity contribution in [3.63, 3.8) is 0 Å². The summed E-state index contributed by atoms with van der Waals surface area (Å²) in [5, 5.41) is 0. The number of hydrogen-bond acceptors (Lipinski definition) is 6. The lowest BCUT2D eigenvalue weighted by molar-refractivity contribution is 0.0600. The zero-order chi connectivity index (χ0) is 24.8. The van der Waals surface area contributed by atoms with E-state index in [4.69, 9.17) is 14.2 Å². The first kappa shape index (κ1) is 24.0. The predicted molar refractivity (Wildman–Crippen MR) is 136 cm³/mol. The van der Waals surface area contributed by atoms with Crippen LogP contribution in [0.25, 0.3) is 22.3 Å². The second kappa shape index (κ2) is 10.8. The van der Waals surface area contributed by atoms with E-state index in [1.54, 1.807) is 12.1 Å². The Morgan fingerprint density at radius 3 is 2.26 bits per heavy atom. The molecular formula is C29H28N2O4. The maximum Gasteiger partial charge on any atom is 0.338 e. The number of aromatic nitrogens is 2. The molecule has 4 aromatic rings. The minimum atomic E-state index is -0.360. The third-order valence-electron chi connectivity index (χ3n) is 5.83. The maximum absolute atomic E-state index is 11.7. The number of carbonyl (C=O) groups excluding carboxylic acids is 1. The van der Waals surface area contributed by atoms with E-state index in [9.17, 15) is 4.79 Å². The molecule has 0 aliphatic heterocycles. The fraction of sp³-hybridized carbons (Fsp3) is 0.207. The van der Waals surface area contributed by atoms with Crippen molar-refractivity contribution in [2.75, 3.05) is 20.3 Å². The van der Waals surface area contributed by atoms with E-state index < -0.39 is 0 Å². The topological polar surface area (TPSA) is 70.5 Å². The second-order valence-electron chi connectivity index (χ2n) is 8.27. The van der Waals surface area contributed by atoms with Crippen LogP contribution >= 0.6 is 0 Å². The molecule has 2 heterocycles. The zero-order valence-corrected chi connectivity index (χ0v) is 20.4. The number of nitrogens with zero attached hydrogens (tertiary/aromatic N) is 2. The van der Waals surface area contributed by atoms with Crippen LogP contribution in [0.1, 0.15) is 27.0 Å². The summed E-state index contributed by atoms with van der Waals surface area (Å²) in [7, 11) is 1.37. The molecule has 178 valence electrons. The normalized spacial score (nSPS) is 10.6. The summed E-state index contributed by atoms with van der Waals surface area (Å²) in [6.45, 7) is 6.76. The van der Waals surface area contributed by atoms with E-state index >= 15 is 0 Å². The summed E-state index contributed by atoms with van der Waals surface area (Å²) in [5.41, 5.74) is 8.16. The number of pyridine rings is 2. The van der Waals surface area contributed by atoms with Gasteiger partial charge in [0.1, 0.15) is 19.0 Å². The quantitative estimate of drug-likeness (QED) is 0.234. The summed E-state index contributed by atoms with van der Waals surface area (Å²) in [6, 6.07) is 17.5. The number of esters is 1. The van der Waals surface area contributed by atoms with E-state index in [1.807, 2.05) is 49.8 Å². The largest absolute Gasteiger partial charge is 0.490 e. The van der Waals surface area contributed by atoms with E-state index in [0.29, 0.717) is 30.4 Å². The molecule has 4 rings (SSSR count). The Morgan fingerprint density at radius 1 is 0.771 bits per heavy atom. The monoisotopic (exact) mass is 468 g/mol. The molecular weight excluding hydrogens is 440 g/mol. The number of rotatable bonds is 8. The molecule has 0 amide bonds. The van der Waals surface area contributed by atoms with E-state index in [2.05, 4.69) is 42.0 Å². The van der Waals surface area contributed by atoms with Gasteiger partial charge in [-0.15, -0.1) is 0 Å². The SMILES string of the molecule is COC(=O)c1ccc(OCCOc2ccc(-c3ccc(-c4cnccc4C)c(C)c3)cn2)cc1C. The average Bonchev–Trinajstić information content (AvgIpc) is 2.87. The van der Waals surface area contributed by atoms with Gasteiger partial charge in [-0.25, -0.2) is 9.78 Å². The smallest absolute Gasteiger partial charge is 0.338 e. The Morgan fingerprint density at radius 2 is 1.57 bits per heavy atom. The molecule has 0 N–H and O–H groups in total. The highest BCUT2D eigenvalue weighted by Crippen LogP contribution is 2.30. The number of carbonyl (C=O) groups is 1. The van der Waals surface area contributed by atoms with Crippen molar-refractivity contribution in [3.05, 3.63) is 95.4 Å². The molecule has 0 unspecified atom stereocenters. The maximum atomic E-state index is 11.7. The third-order valence-corrected chi connectivity index (χ3v) is 5.83. The fourth-order valence-corrected chi connectivity index (χ4v) is 3.90. The molecule has 0 saturated heterocycles. The number of benzene rings is 2. The Hall–Kier alpha value is -4.19. The molecule has 35 heavy (non-hydrogen) atoms. The minimum absolute atomic E-state index is 0.350. The first-order valence-corrected chi connectivity index (χ1v) is 11.4. The molecule has 0 spiro atoms. The molecule has 6 nitrogen and oxygen atoms in total. The minimum Gasteiger partial charge on any atom is -0.490 e. The van der Waals surface area contributed by atoms with Crippen molar-refractivity contribution < 1.29 is 19.0 Å². The molecule has 0 saturated carbocycles. The molecule has 2 aromatic heterocycles. The predicted octanol–water partition coefficient (Wildman–Crippen LogP) is 5.98. The van der Waals surface area contributed by atoms with E-state index in [1.165, 1.54) is 23.8 Å². The van der Waals surface area contributed by atoms with Crippen molar-refractivity contribution in [1.29, 1.82) is 0 Å². The van der Waals surface area contributed by atoms with Crippen LogP contribution in [-0.4, -0.2) is 36.3 Å². The lowest BCUT2D eigenvalue weighted by Crippen LogP contribution is -2.10. The highest BCUT2D eigenvalue weighted by molar-refractivity contribution is 5.91. The van der Waals surface area contributed by atoms with Crippen LogP contribution in [0.5, 0.6) is 11.6 Å². The van der Waals surface area contributed by atoms with Crippen LogP contribution in [-0.2, 0) is 4.74 Å². The van der Waals surface area contributed by atoms with Gasteiger partial charge in [-0.3, -0.25) is 4.98 Å². The van der Waals surface area contributed by atoms with Crippen LogP contribution < -0.4 is 9.47 Å². The number of aryl methyl sites for hydroxylation is 3. The van der Waals surface area contributed by atoms with Gasteiger partial charge in [0.05, 0.1) is 12.7 Å². The molecule has 0 radical (unpaired) electrons. The zero-order valence-electron chi connectivity index (χ0n) is 20.4. The molecule has 0 aliphatic rings. The van der Waals surface area contributed by atoms with Gasteiger partial charge in [0, 0.05) is 35.8 Å². The van der Waals surface area contributed by atoms with Gasteiger partial charge >= 0.3 is 5.97 Å². The standard InChI is InChI=1S/C29H28N2O4/c1-19-11-12-30-18-27(19)25-8-5-22(15-20(25)2)23-6-10-28(31-17-23)35-14-13-34-24-7-9-26(21(3)16-24)29(32)33-4/h5-12,15-18H,13-14H2,1-4H3. The third kappa shape index (κ3) is 5.66. The molecule has 0 aliphatic carbocycles. The average molecular weight is 469 g/mol. The summed E-state index contributed by atoms with van der Waals surface area (Å²) in [4.78, 5) is 20.4. The number of ether oxygens (including phenoxy) is 3. The van der Waals surface area contributed by atoms with Gasteiger partial charge < -0.3 is 14.2 Å². The Labute approximate surface area is 205 Å². The lowest BCUT2D eigenvalue weighted by atomic mass is 9.95. The summed E-state index contributed by atoms with van der Waals surface area (Å²) in [5.74, 6) is 0.845. The molecule has 6 heteroatoms. The number of hydrogen-bond donors (Lipinski definition) is 0. The summed E-state index contributed by atoms with van der Waals surface area (Å²) >= 11 is 0. The van der Waals surface area contributed by atoms with Crippen molar-refractivity contribution in [2.45, 2.75) is 20.8 Å². The Bertz CT molecular complexity index is 1330. The van der Waals surface area contributed by atoms with Gasteiger partial charge in [-0.2, -0.15) is 0 Å². The van der Waals surface area contributed by atoms with Crippen LogP contribution in [0.3, 0.4) is 0 Å². The fourth-order valence-electron chi connectivity index (χ4n) is 3.90. The second-order valence-corrected chi connectivity index (χ2v) is 8.27. The summed E-state index contributed by atoms with van der Waals surface area (Å²) < 4.78 is 16.2. The first-order chi connectivity index (χ1) is 17.0. The number of methoxy groups -OCH3 is 1. The van der Waals surface area contributed by atoms with Gasteiger partial charge in [0.2, 0.25) is 5.88 Å². The highest BCUT2D eigenvalue weighted by atomic mass is 16.5. The summed E-state index contributed by atoms with van der Waals surface area (Å²) in [6.07, 6.45) is 5.54. The molecule has 2 aromatic carbocycles. The van der Waals surface area contributed by atoms with E-state index in [0.717, 1.165) is 22.3 Å². The first-order valence-electron chi connectivity index (χ1n) is 11.4. The van der Waals surface area contributed by atoms with Crippen LogP contribution in [0, 0.1) is 20.8 Å². The van der Waals surface area contributed by atoms with Crippen molar-refractivity contribution >= 4 is 5.97 Å². The van der Waals surface area contributed by atoms with Crippen molar-refractivity contribution in [2.24, 2.45) is 0 Å². The van der Waals surface area contributed by atoms with E-state index in [-0.39, 0.29) is 5.97 Å². The molecule has 0 bridgehead atoms. The highest BCUT2D eigenvalue weighted by Gasteiger charge is 2.10. The molecule has 0 fully saturated rings. The van der Waals surface area contributed by atoms with Crippen LogP contribution in [0.15, 0.2) is 73.2 Å². The van der Waals surface area contributed by atoms with Crippen molar-refractivity contribution in [3.8, 4) is 33.9 Å². The lowest BCUT2D eigenvalue weighted by Gasteiger charge is -2.12.